The third-order valence-electron chi connectivity index (χ3n) is 4.73. The molecule has 0 saturated carbocycles. The summed E-state index contributed by atoms with van der Waals surface area (Å²) in [4.78, 5) is 27.4. The van der Waals surface area contributed by atoms with Crippen LogP contribution in [-0.4, -0.2) is 16.8 Å². The van der Waals surface area contributed by atoms with Gasteiger partial charge in [-0.3, -0.25) is 9.59 Å². The van der Waals surface area contributed by atoms with E-state index in [0.29, 0.717) is 40.9 Å². The number of primary amides is 1. The summed E-state index contributed by atoms with van der Waals surface area (Å²) in [6, 6.07) is 4.60. The second kappa shape index (κ2) is 5.06. The van der Waals surface area contributed by atoms with E-state index < -0.39 is 11.7 Å². The highest BCUT2D eigenvalue weighted by Gasteiger charge is 2.34. The van der Waals surface area contributed by atoms with Crippen LogP contribution in [0.1, 0.15) is 45.7 Å². The summed E-state index contributed by atoms with van der Waals surface area (Å²) in [6.07, 6.45) is 2.13. The van der Waals surface area contributed by atoms with E-state index in [1.807, 2.05) is 0 Å². The van der Waals surface area contributed by atoms with Crippen molar-refractivity contribution in [3.8, 4) is 0 Å². The number of benzene rings is 1. The number of aryl methyl sites for hydroxylation is 1. The maximum atomic E-state index is 14.3. The maximum Gasteiger partial charge on any atom is 0.256 e. The second-order valence-electron chi connectivity index (χ2n) is 6.17. The number of fused-ring (bicyclic) bond motifs is 2. The molecule has 122 valence electrons. The Hall–Kier alpha value is -2.89. The summed E-state index contributed by atoms with van der Waals surface area (Å²) in [5.74, 6) is -1.23. The lowest BCUT2D eigenvalue weighted by Gasteiger charge is -2.18. The molecule has 4 N–H and O–H groups in total. The Bertz CT molecular complexity index is 940. The number of halogens is 1. The predicted molar refractivity (Wildman–Crippen MR) is 88.8 cm³/mol. The van der Waals surface area contributed by atoms with Crippen LogP contribution < -0.4 is 11.1 Å². The van der Waals surface area contributed by atoms with Gasteiger partial charge in [0, 0.05) is 17.0 Å². The zero-order valence-electron chi connectivity index (χ0n) is 13.1. The lowest BCUT2D eigenvalue weighted by molar-refractivity contribution is -0.110. The first-order chi connectivity index (χ1) is 11.5. The lowest BCUT2D eigenvalue weighted by atomic mass is 9.86. The van der Waals surface area contributed by atoms with Crippen LogP contribution in [0.25, 0.3) is 11.1 Å². The Balaban J connectivity index is 2.01. The highest BCUT2D eigenvalue weighted by molar-refractivity contribution is 6.37. The number of rotatable bonds is 1. The molecule has 1 aromatic carbocycles. The van der Waals surface area contributed by atoms with E-state index in [0.717, 1.165) is 23.3 Å². The van der Waals surface area contributed by atoms with E-state index in [-0.39, 0.29) is 5.91 Å². The summed E-state index contributed by atoms with van der Waals surface area (Å²) in [5, 5.41) is 2.72. The van der Waals surface area contributed by atoms with Crippen LogP contribution in [0.5, 0.6) is 0 Å². The number of hydrogen-bond acceptors (Lipinski definition) is 2. The first-order valence-corrected chi connectivity index (χ1v) is 7.84. The van der Waals surface area contributed by atoms with Crippen LogP contribution in [0.15, 0.2) is 18.2 Å². The van der Waals surface area contributed by atoms with Gasteiger partial charge in [-0.2, -0.15) is 0 Å². The summed E-state index contributed by atoms with van der Waals surface area (Å²) in [7, 11) is 0. The van der Waals surface area contributed by atoms with Crippen LogP contribution >= 0.6 is 0 Å². The van der Waals surface area contributed by atoms with E-state index in [2.05, 4.69) is 10.3 Å². The minimum absolute atomic E-state index is 0.304. The summed E-state index contributed by atoms with van der Waals surface area (Å²) in [5.41, 5.74) is 10.1. The van der Waals surface area contributed by atoms with Crippen molar-refractivity contribution in [3.05, 3.63) is 52.1 Å². The molecule has 2 amide bonds. The van der Waals surface area contributed by atoms with Gasteiger partial charge in [0.25, 0.3) is 11.8 Å². The number of nitrogens with one attached hydrogen (secondary N) is 2. The first-order valence-electron chi connectivity index (χ1n) is 7.84. The zero-order chi connectivity index (χ0) is 17.0. The van der Waals surface area contributed by atoms with Gasteiger partial charge in [0.05, 0.1) is 16.8 Å². The van der Waals surface area contributed by atoms with Crippen molar-refractivity contribution in [2.75, 3.05) is 5.32 Å². The van der Waals surface area contributed by atoms with E-state index in [4.69, 9.17) is 5.73 Å². The molecule has 0 unspecified atom stereocenters. The van der Waals surface area contributed by atoms with Gasteiger partial charge in [0.15, 0.2) is 0 Å². The number of amides is 2. The molecule has 1 aliphatic heterocycles. The molecular formula is C18H16FN3O2. The third-order valence-corrected chi connectivity index (χ3v) is 4.73. The number of anilines is 1. The molecule has 0 atom stereocenters. The van der Waals surface area contributed by atoms with Crippen molar-refractivity contribution in [2.24, 2.45) is 5.73 Å². The maximum absolute atomic E-state index is 14.3. The van der Waals surface area contributed by atoms with Crippen molar-refractivity contribution in [1.82, 2.24) is 4.98 Å². The fourth-order valence-electron chi connectivity index (χ4n) is 3.80. The minimum Gasteiger partial charge on any atom is -0.366 e. The van der Waals surface area contributed by atoms with Gasteiger partial charge in [-0.15, -0.1) is 0 Å². The number of aromatic amines is 1. The Kier molecular flexibility index (Phi) is 3.09. The quantitative estimate of drug-likeness (QED) is 0.704. The zero-order valence-corrected chi connectivity index (χ0v) is 13.1. The molecule has 6 heteroatoms. The smallest absolute Gasteiger partial charge is 0.256 e. The Labute approximate surface area is 137 Å². The molecule has 0 fully saturated rings. The number of nitrogens with two attached hydrogens (primary N) is 1. The molecular weight excluding hydrogens is 309 g/mol. The largest absolute Gasteiger partial charge is 0.366 e. The molecule has 4 rings (SSSR count). The molecule has 0 radical (unpaired) electrons. The van der Waals surface area contributed by atoms with Crippen molar-refractivity contribution in [1.29, 1.82) is 0 Å². The molecule has 1 aromatic heterocycles. The molecule has 2 heterocycles. The average Bonchev–Trinajstić information content (AvgIpc) is 3.03. The van der Waals surface area contributed by atoms with E-state index in [1.165, 1.54) is 6.07 Å². The molecule has 2 aromatic rings. The van der Waals surface area contributed by atoms with Crippen molar-refractivity contribution < 1.29 is 14.0 Å². The highest BCUT2D eigenvalue weighted by atomic mass is 19.1. The summed E-state index contributed by atoms with van der Waals surface area (Å²) in [6.45, 7) is 1.78. The normalized spacial score (nSPS) is 19.0. The second-order valence-corrected chi connectivity index (χ2v) is 6.17. The van der Waals surface area contributed by atoms with E-state index >= 15 is 0 Å². The molecule has 0 spiro atoms. The summed E-state index contributed by atoms with van der Waals surface area (Å²) >= 11 is 0. The van der Waals surface area contributed by atoms with Crippen LogP contribution in [0.2, 0.25) is 0 Å². The topological polar surface area (TPSA) is 88.0 Å². The Morgan fingerprint density at radius 2 is 2.08 bits per heavy atom. The standard InChI is InChI=1S/C18H16FN3O2/c1-8-13(17(20)23)9-4-2-5-10(16(9)21-8)14-15-11(19)6-3-7-12(15)22-18(14)24/h3,6-7,21H,2,4-5H2,1H3,(H2,20,23)(H,22,24)/b14-10-. The molecule has 2 aliphatic rings. The molecule has 1 aliphatic carbocycles. The Morgan fingerprint density at radius 1 is 1.29 bits per heavy atom. The van der Waals surface area contributed by atoms with Gasteiger partial charge in [0.2, 0.25) is 0 Å². The predicted octanol–water partition coefficient (Wildman–Crippen LogP) is 2.76. The minimum atomic E-state index is -0.487. The van der Waals surface area contributed by atoms with Crippen LogP contribution in [0.3, 0.4) is 0 Å². The number of carbonyl (C=O) groups is 2. The molecule has 5 nitrogen and oxygen atoms in total. The Morgan fingerprint density at radius 3 is 2.83 bits per heavy atom. The third kappa shape index (κ3) is 1.92. The number of H-pyrrole nitrogens is 1. The van der Waals surface area contributed by atoms with E-state index in [9.17, 15) is 14.0 Å². The molecule has 24 heavy (non-hydrogen) atoms. The number of aromatic nitrogens is 1. The number of allylic oxidation sites excluding steroid dienone is 1. The van der Waals surface area contributed by atoms with Crippen molar-refractivity contribution in [2.45, 2.75) is 26.2 Å². The lowest BCUT2D eigenvalue weighted by Crippen LogP contribution is -2.15. The van der Waals surface area contributed by atoms with Gasteiger partial charge >= 0.3 is 0 Å². The monoisotopic (exact) mass is 325 g/mol. The number of hydrogen-bond donors (Lipinski definition) is 3. The van der Waals surface area contributed by atoms with Gasteiger partial charge in [0.1, 0.15) is 5.82 Å². The molecule has 0 saturated heterocycles. The van der Waals surface area contributed by atoms with E-state index in [1.54, 1.807) is 19.1 Å². The fourth-order valence-corrected chi connectivity index (χ4v) is 3.80. The average molecular weight is 325 g/mol. The van der Waals surface area contributed by atoms with Crippen LogP contribution in [0.4, 0.5) is 10.1 Å². The van der Waals surface area contributed by atoms with Gasteiger partial charge < -0.3 is 16.0 Å². The van der Waals surface area contributed by atoms with Crippen molar-refractivity contribution >= 4 is 28.6 Å². The number of carbonyl (C=O) groups excluding carboxylic acids is 2. The highest BCUT2D eigenvalue weighted by Crippen LogP contribution is 2.43. The van der Waals surface area contributed by atoms with Crippen molar-refractivity contribution in [3.63, 3.8) is 0 Å². The van der Waals surface area contributed by atoms with Crippen LogP contribution in [-0.2, 0) is 11.2 Å². The summed E-state index contributed by atoms with van der Waals surface area (Å²) < 4.78 is 14.3. The fraction of sp³-hybridized carbons (Fsp3) is 0.222. The van der Waals surface area contributed by atoms with Crippen LogP contribution in [0, 0.1) is 12.7 Å². The van der Waals surface area contributed by atoms with Gasteiger partial charge in [-0.25, -0.2) is 4.39 Å². The molecule has 0 bridgehead atoms. The SMILES string of the molecule is Cc1[nH]c2c(c1C(N)=O)CCC/C2=C1/C(=O)Nc2cccc(F)c21. The van der Waals surface area contributed by atoms with Gasteiger partial charge in [-0.1, -0.05) is 6.07 Å². The first kappa shape index (κ1) is 14.7. The van der Waals surface area contributed by atoms with Gasteiger partial charge in [-0.05, 0) is 49.5 Å².